The van der Waals surface area contributed by atoms with Crippen LogP contribution >= 0.6 is 0 Å². The molecule has 216 valence electrons. The predicted molar refractivity (Wildman–Crippen MR) is 160 cm³/mol. The Kier molecular flexibility index (Phi) is 8.09. The molecule has 3 N–H and O–H groups in total. The second-order valence-electron chi connectivity index (χ2n) is 12.0. The summed E-state index contributed by atoms with van der Waals surface area (Å²) in [5, 5.41) is 22.2. The summed E-state index contributed by atoms with van der Waals surface area (Å²) in [7, 11) is 0. The number of fused-ring (bicyclic) bond motifs is 4. The van der Waals surface area contributed by atoms with Gasteiger partial charge in [0.15, 0.2) is 0 Å². The number of carbonyl (C=O) groups is 2. The van der Waals surface area contributed by atoms with Crippen LogP contribution in [0.5, 0.6) is 5.75 Å². The summed E-state index contributed by atoms with van der Waals surface area (Å²) < 4.78 is 6.55. The van der Waals surface area contributed by atoms with Gasteiger partial charge in [-0.1, -0.05) is 47.6 Å². The largest absolute Gasteiger partial charge is 0.484 e. The normalized spacial score (nSPS) is 20.9. The van der Waals surface area contributed by atoms with Crippen molar-refractivity contribution in [3.05, 3.63) is 88.1 Å². The van der Waals surface area contributed by atoms with E-state index < -0.39 is 23.7 Å². The minimum atomic E-state index is -1.04. The number of nitrogens with zero attached hydrogens (tertiary/aromatic N) is 1. The third kappa shape index (κ3) is 5.82. The maximum atomic E-state index is 13.6. The monoisotopic (exact) mass is 556 g/mol. The number of para-hydroxylation sites is 1. The molecule has 7 nitrogen and oxygen atoms in total. The van der Waals surface area contributed by atoms with Gasteiger partial charge < -0.3 is 24.8 Å². The molecule has 3 aromatic rings. The van der Waals surface area contributed by atoms with Gasteiger partial charge in [0.05, 0.1) is 12.6 Å². The van der Waals surface area contributed by atoms with Gasteiger partial charge in [0.25, 0.3) is 5.91 Å². The fraction of sp³-hybridized carbons (Fsp3) is 0.412. The number of hydrogen-bond acceptors (Lipinski definition) is 4. The smallest absolute Gasteiger partial charge is 0.326 e. The Bertz CT molecular complexity index is 1530. The fourth-order valence-electron chi connectivity index (χ4n) is 6.05. The molecule has 0 aliphatic carbocycles. The number of aromatic amines is 1. The Morgan fingerprint density at radius 1 is 1.17 bits per heavy atom. The topological polar surface area (TPSA) is 103 Å². The number of amides is 1. The number of nitrogens with one attached hydrogen (secondary N) is 1. The minimum absolute atomic E-state index is 0.159. The van der Waals surface area contributed by atoms with Crippen molar-refractivity contribution >= 4 is 22.8 Å². The van der Waals surface area contributed by atoms with Crippen LogP contribution in [0.1, 0.15) is 80.4 Å². The molecule has 1 aromatic heterocycles. The van der Waals surface area contributed by atoms with Crippen molar-refractivity contribution < 1.29 is 24.5 Å². The van der Waals surface area contributed by atoms with Crippen LogP contribution in [0, 0.1) is 0 Å². The highest BCUT2D eigenvalue weighted by Gasteiger charge is 2.44. The van der Waals surface area contributed by atoms with E-state index in [9.17, 15) is 19.8 Å². The van der Waals surface area contributed by atoms with E-state index in [0.29, 0.717) is 29.7 Å². The van der Waals surface area contributed by atoms with E-state index in [2.05, 4.69) is 37.9 Å². The molecule has 2 aliphatic rings. The molecule has 0 spiro atoms. The minimum Gasteiger partial charge on any atom is -0.484 e. The number of aliphatic carboxylic acids is 1. The summed E-state index contributed by atoms with van der Waals surface area (Å²) in [5.74, 6) is -0.730. The van der Waals surface area contributed by atoms with Crippen LogP contribution in [0.3, 0.4) is 0 Å². The number of allylic oxidation sites excluding steroid dienone is 4. The number of H-pyrrole nitrogens is 1. The van der Waals surface area contributed by atoms with Gasteiger partial charge >= 0.3 is 5.97 Å². The van der Waals surface area contributed by atoms with Crippen molar-refractivity contribution in [1.82, 2.24) is 9.88 Å². The van der Waals surface area contributed by atoms with Crippen LogP contribution in [0.15, 0.2) is 65.9 Å². The van der Waals surface area contributed by atoms with Gasteiger partial charge in [-0.05, 0) is 76.6 Å². The van der Waals surface area contributed by atoms with E-state index in [1.54, 1.807) is 6.07 Å². The lowest BCUT2D eigenvalue weighted by Gasteiger charge is -2.40. The zero-order chi connectivity index (χ0) is 29.3. The van der Waals surface area contributed by atoms with Crippen molar-refractivity contribution in [2.75, 3.05) is 0 Å². The zero-order valence-corrected chi connectivity index (χ0v) is 24.4. The molecule has 0 unspecified atom stereocenters. The quantitative estimate of drug-likeness (QED) is 0.253. The predicted octanol–water partition coefficient (Wildman–Crippen LogP) is 6.35. The van der Waals surface area contributed by atoms with E-state index in [1.807, 2.05) is 43.5 Å². The maximum Gasteiger partial charge on any atom is 0.326 e. The van der Waals surface area contributed by atoms with Crippen LogP contribution in [0.2, 0.25) is 0 Å². The molecule has 7 heteroatoms. The molecule has 0 bridgehead atoms. The molecule has 0 fully saturated rings. The van der Waals surface area contributed by atoms with Crippen molar-refractivity contribution in [3.63, 3.8) is 0 Å². The lowest BCUT2D eigenvalue weighted by molar-refractivity contribution is -0.142. The molecule has 2 aliphatic heterocycles. The Labute approximate surface area is 241 Å². The Morgan fingerprint density at radius 3 is 2.71 bits per heavy atom. The molecule has 41 heavy (non-hydrogen) atoms. The van der Waals surface area contributed by atoms with E-state index in [1.165, 1.54) is 16.0 Å². The number of rotatable bonds is 10. The SMILES string of the molecule is CC(C)=CCC/C(C)=C/CC[C@@]1(C)Oc2c(ccc3c2CN([C@@H](Cc2c[nH]c4ccccc24)C(=O)O)C3=O)C[C@H]1O. The first-order valence-electron chi connectivity index (χ1n) is 14.5. The number of aliphatic hydroxyl groups excluding tert-OH is 1. The Balaban J connectivity index is 1.35. The van der Waals surface area contributed by atoms with Crippen molar-refractivity contribution in [1.29, 1.82) is 0 Å². The zero-order valence-electron chi connectivity index (χ0n) is 24.4. The average Bonchev–Trinajstić information content (AvgIpc) is 3.48. The number of benzene rings is 2. The molecule has 0 saturated carbocycles. The van der Waals surface area contributed by atoms with Crippen LogP contribution < -0.4 is 4.74 Å². The number of carbonyl (C=O) groups excluding carboxylic acids is 1. The molecular weight excluding hydrogens is 516 g/mol. The molecule has 3 atom stereocenters. The van der Waals surface area contributed by atoms with Crippen LogP contribution in [0.4, 0.5) is 0 Å². The molecule has 0 saturated heterocycles. The summed E-state index contributed by atoms with van der Waals surface area (Å²) in [5.41, 5.74) is 5.64. The second kappa shape index (κ2) is 11.6. The highest BCUT2D eigenvalue weighted by Crippen LogP contribution is 2.43. The van der Waals surface area contributed by atoms with Gasteiger partial charge in [-0.2, -0.15) is 0 Å². The van der Waals surface area contributed by atoms with Gasteiger partial charge in [0.1, 0.15) is 17.4 Å². The number of aromatic nitrogens is 1. The molecule has 0 radical (unpaired) electrons. The third-order valence-electron chi connectivity index (χ3n) is 8.59. The third-order valence-corrected chi connectivity index (χ3v) is 8.59. The van der Waals surface area contributed by atoms with Crippen LogP contribution in [-0.2, 0) is 24.2 Å². The first-order valence-corrected chi connectivity index (χ1v) is 14.5. The van der Waals surface area contributed by atoms with Crippen molar-refractivity contribution in [2.24, 2.45) is 0 Å². The molecule has 5 rings (SSSR count). The summed E-state index contributed by atoms with van der Waals surface area (Å²) in [6, 6.07) is 10.3. The highest BCUT2D eigenvalue weighted by atomic mass is 16.5. The number of carboxylic acid groups (broad SMARTS) is 1. The standard InChI is InChI=1S/C34H40N2O5/c1-21(2)9-7-10-22(3)11-8-16-34(4)30(37)18-23-14-15-26-27(31(23)41-34)20-36(32(26)38)29(33(39)40)17-24-19-35-28-13-6-5-12-25(24)28/h5-6,9,11-15,19,29-30,35,37H,7-8,10,16-18,20H2,1-4H3,(H,39,40)/b22-11+/t29-,30+,34+/m0/s1. The van der Waals surface area contributed by atoms with Gasteiger partial charge in [-0.15, -0.1) is 0 Å². The van der Waals surface area contributed by atoms with Crippen LogP contribution in [-0.4, -0.2) is 49.7 Å². The average molecular weight is 557 g/mol. The van der Waals surface area contributed by atoms with Crippen molar-refractivity contribution in [3.8, 4) is 5.75 Å². The van der Waals surface area contributed by atoms with Crippen molar-refractivity contribution in [2.45, 2.75) is 90.5 Å². The Morgan fingerprint density at radius 2 is 1.95 bits per heavy atom. The van der Waals surface area contributed by atoms with E-state index in [-0.39, 0.29) is 18.9 Å². The van der Waals surface area contributed by atoms with E-state index in [4.69, 9.17) is 4.74 Å². The summed E-state index contributed by atoms with van der Waals surface area (Å²) >= 11 is 0. The van der Waals surface area contributed by atoms with Crippen LogP contribution in [0.25, 0.3) is 10.9 Å². The summed E-state index contributed by atoms with van der Waals surface area (Å²) in [6.07, 6.45) is 9.64. The molecular formula is C34H40N2O5. The molecule has 2 aromatic carbocycles. The van der Waals surface area contributed by atoms with Gasteiger partial charge in [0.2, 0.25) is 0 Å². The number of hydrogen-bond donors (Lipinski definition) is 3. The number of carboxylic acids is 1. The highest BCUT2D eigenvalue weighted by molar-refractivity contribution is 6.01. The first kappa shape index (κ1) is 28.7. The second-order valence-corrected chi connectivity index (χ2v) is 12.0. The lowest BCUT2D eigenvalue weighted by atomic mass is 9.84. The summed E-state index contributed by atoms with van der Waals surface area (Å²) in [4.78, 5) is 30.7. The van der Waals surface area contributed by atoms with E-state index in [0.717, 1.165) is 41.3 Å². The van der Waals surface area contributed by atoms with E-state index >= 15 is 0 Å². The number of ether oxygens (including phenoxy) is 1. The van der Waals surface area contributed by atoms with Gasteiger partial charge in [0, 0.05) is 41.1 Å². The fourth-order valence-corrected chi connectivity index (χ4v) is 6.05. The van der Waals surface area contributed by atoms with Gasteiger partial charge in [-0.3, -0.25) is 4.79 Å². The summed E-state index contributed by atoms with van der Waals surface area (Å²) in [6.45, 7) is 8.43. The molecule has 3 heterocycles. The number of aliphatic hydroxyl groups is 1. The lowest BCUT2D eigenvalue weighted by Crippen LogP contribution is -2.49. The van der Waals surface area contributed by atoms with Gasteiger partial charge in [-0.25, -0.2) is 4.79 Å². The Hall–Kier alpha value is -3.84. The molecule has 1 amide bonds. The maximum absolute atomic E-state index is 13.6. The first-order chi connectivity index (χ1) is 19.6.